The number of carbonyl (C=O) groups is 1. The lowest BCUT2D eigenvalue weighted by Gasteiger charge is -2.49. The lowest BCUT2D eigenvalue weighted by Crippen LogP contribution is -2.57. The minimum atomic E-state index is -1.24. The number of hydrogen-bond acceptors (Lipinski definition) is 8. The summed E-state index contributed by atoms with van der Waals surface area (Å²) < 4.78 is 21.2. The number of carbonyl (C=O) groups excluding carboxylic acids is 1. The van der Waals surface area contributed by atoms with Gasteiger partial charge in [-0.15, -0.1) is 0 Å². The fraction of sp³-hybridized carbons (Fsp3) is 0.600. The lowest BCUT2D eigenvalue weighted by atomic mass is 9.82. The zero-order valence-electron chi connectivity index (χ0n) is 29.0. The van der Waals surface area contributed by atoms with Gasteiger partial charge < -0.3 is 29.0 Å². The van der Waals surface area contributed by atoms with Crippen molar-refractivity contribution < 1.29 is 19.0 Å². The van der Waals surface area contributed by atoms with E-state index < -0.39 is 13.7 Å². The number of alkyl carbamates (subject to hydrolysis) is 1. The Morgan fingerprint density at radius 1 is 1.08 bits per heavy atom. The van der Waals surface area contributed by atoms with Gasteiger partial charge in [0.2, 0.25) is 0 Å². The number of piperidine rings is 2. The molecule has 13 heteroatoms. The van der Waals surface area contributed by atoms with Gasteiger partial charge in [-0.1, -0.05) is 37.3 Å². The van der Waals surface area contributed by atoms with Crippen molar-refractivity contribution >= 4 is 53.7 Å². The van der Waals surface area contributed by atoms with E-state index in [0.29, 0.717) is 31.6 Å². The minimum absolute atomic E-state index is 0.0663. The van der Waals surface area contributed by atoms with Crippen molar-refractivity contribution in [2.75, 3.05) is 24.7 Å². The average Bonchev–Trinajstić information content (AvgIpc) is 3.54. The van der Waals surface area contributed by atoms with E-state index in [-0.39, 0.29) is 30.3 Å². The normalized spacial score (nSPS) is 21.9. The molecule has 11 nitrogen and oxygen atoms in total. The Hall–Kier alpha value is -3.19. The van der Waals surface area contributed by atoms with Crippen LogP contribution in [0.5, 0.6) is 0 Å². The fourth-order valence-corrected chi connectivity index (χ4v) is 8.26. The molecule has 3 fully saturated rings. The molecule has 3 aliphatic rings. The number of nitrogens with zero attached hydrogens (tertiary/aromatic N) is 6. The maximum Gasteiger partial charge on any atom is 0.407 e. The van der Waals surface area contributed by atoms with Gasteiger partial charge in [-0.25, -0.2) is 14.8 Å². The summed E-state index contributed by atoms with van der Waals surface area (Å²) in [5.74, 6) is 0.867. The van der Waals surface area contributed by atoms with Crippen LogP contribution in [0, 0.1) is 0 Å². The third-order valence-electron chi connectivity index (χ3n) is 9.67. The molecule has 1 N–H and O–H groups in total. The summed E-state index contributed by atoms with van der Waals surface area (Å²) in [6, 6.07) is 5.98. The van der Waals surface area contributed by atoms with Crippen LogP contribution in [0.15, 0.2) is 30.7 Å². The highest BCUT2D eigenvalue weighted by Crippen LogP contribution is 2.41. The molecule has 3 aliphatic heterocycles. The summed E-state index contributed by atoms with van der Waals surface area (Å²) >= 11 is 7.13. The molecule has 3 aromatic heterocycles. The van der Waals surface area contributed by atoms with Crippen LogP contribution in [0.1, 0.15) is 58.9 Å². The van der Waals surface area contributed by atoms with Gasteiger partial charge in [0.15, 0.2) is 5.65 Å². The highest BCUT2D eigenvalue weighted by molar-refractivity contribution is 6.76. The highest BCUT2D eigenvalue weighted by atomic mass is 35.5. The predicted octanol–water partition coefficient (Wildman–Crippen LogP) is 7.40. The number of halogens is 1. The third-order valence-corrected chi connectivity index (χ3v) is 11.8. The molecule has 1 unspecified atom stereocenters. The SMILES string of the molecule is CC(C)(C)OC(=O)NC1C[C@H]2CCC[C@@H](C1)N2c1cnc2c(-c3ccc4nn(C5COC5)cc4c3Cl)cn(COCC[Si](C)(C)C)c2n1. The summed E-state index contributed by atoms with van der Waals surface area (Å²) in [5.41, 5.74) is 3.72. The van der Waals surface area contributed by atoms with Gasteiger partial charge in [0.1, 0.15) is 23.7 Å². The van der Waals surface area contributed by atoms with Gasteiger partial charge >= 0.3 is 6.09 Å². The second kappa shape index (κ2) is 12.9. The highest BCUT2D eigenvalue weighted by Gasteiger charge is 2.40. The lowest BCUT2D eigenvalue weighted by molar-refractivity contribution is -0.0283. The van der Waals surface area contributed by atoms with Crippen molar-refractivity contribution in [1.82, 2.24) is 29.6 Å². The van der Waals surface area contributed by atoms with E-state index in [9.17, 15) is 4.79 Å². The first-order valence-electron chi connectivity index (χ1n) is 17.3. The molecule has 1 aromatic carbocycles. The van der Waals surface area contributed by atoms with Gasteiger partial charge in [-0.05, 0) is 65.0 Å². The zero-order valence-corrected chi connectivity index (χ0v) is 30.7. The third kappa shape index (κ3) is 6.94. The molecule has 2 bridgehead atoms. The molecule has 6 heterocycles. The molecule has 258 valence electrons. The molecule has 0 spiro atoms. The maximum absolute atomic E-state index is 12.6. The van der Waals surface area contributed by atoms with Crippen LogP contribution >= 0.6 is 11.6 Å². The zero-order chi connectivity index (χ0) is 33.8. The van der Waals surface area contributed by atoms with E-state index in [4.69, 9.17) is 40.9 Å². The smallest absolute Gasteiger partial charge is 0.407 e. The Morgan fingerprint density at radius 2 is 1.83 bits per heavy atom. The number of amides is 1. The average molecular weight is 694 g/mol. The molecule has 48 heavy (non-hydrogen) atoms. The minimum Gasteiger partial charge on any atom is -0.444 e. The predicted molar refractivity (Wildman–Crippen MR) is 192 cm³/mol. The number of benzene rings is 1. The molecule has 3 saturated heterocycles. The topological polar surface area (TPSA) is 109 Å². The number of hydrogen-bond donors (Lipinski definition) is 1. The van der Waals surface area contributed by atoms with Crippen LogP contribution in [0.2, 0.25) is 30.7 Å². The van der Waals surface area contributed by atoms with Gasteiger partial charge in [-0.3, -0.25) is 4.68 Å². The van der Waals surface area contributed by atoms with Crippen molar-refractivity contribution in [3.63, 3.8) is 0 Å². The standard InChI is InChI=1S/C35H48ClN7O4Si/c1-35(2,3)47-34(44)38-22-14-23-8-7-9-24(15-22)43(23)30-16-37-32-27(17-41(33(32)39-30)21-45-12-13-48(4,5)6)26-10-11-29-28(31(26)36)18-42(40-29)25-19-46-20-25/h10-11,16-18,22-25H,7-9,12-15,19-21H2,1-6H3,(H,38,44)/t22?,23-,24+. The number of aromatic nitrogens is 5. The van der Waals surface area contributed by atoms with Crippen molar-refractivity contribution in [2.24, 2.45) is 0 Å². The molecule has 0 aliphatic carbocycles. The van der Waals surface area contributed by atoms with E-state index in [0.717, 1.165) is 77.2 Å². The molecular formula is C35H48ClN7O4Si. The Kier molecular flexibility index (Phi) is 8.97. The van der Waals surface area contributed by atoms with Gasteiger partial charge in [0, 0.05) is 61.7 Å². The fourth-order valence-electron chi connectivity index (χ4n) is 7.20. The second-order valence-electron chi connectivity index (χ2n) is 15.9. The molecular weight excluding hydrogens is 646 g/mol. The van der Waals surface area contributed by atoms with E-state index in [1.165, 1.54) is 0 Å². The number of rotatable bonds is 9. The van der Waals surface area contributed by atoms with Gasteiger partial charge in [0.05, 0.1) is 36.0 Å². The number of ether oxygens (including phenoxy) is 3. The first-order chi connectivity index (χ1) is 22.8. The number of anilines is 1. The van der Waals surface area contributed by atoms with Crippen molar-refractivity contribution in [1.29, 1.82) is 0 Å². The van der Waals surface area contributed by atoms with Gasteiger partial charge in [0.25, 0.3) is 0 Å². The summed E-state index contributed by atoms with van der Waals surface area (Å²) in [7, 11) is -1.24. The summed E-state index contributed by atoms with van der Waals surface area (Å²) in [6.45, 7) is 15.2. The van der Waals surface area contributed by atoms with Crippen LogP contribution in [-0.4, -0.2) is 82.0 Å². The van der Waals surface area contributed by atoms with Crippen LogP contribution in [0.25, 0.3) is 33.2 Å². The van der Waals surface area contributed by atoms with Crippen LogP contribution in [0.3, 0.4) is 0 Å². The maximum atomic E-state index is 12.6. The summed E-state index contributed by atoms with van der Waals surface area (Å²) in [5, 5.41) is 9.46. The first kappa shape index (κ1) is 33.3. The first-order valence-corrected chi connectivity index (χ1v) is 21.4. The molecule has 0 saturated carbocycles. The Morgan fingerprint density at radius 3 is 2.50 bits per heavy atom. The van der Waals surface area contributed by atoms with E-state index in [1.54, 1.807) is 0 Å². The van der Waals surface area contributed by atoms with E-state index in [2.05, 4.69) is 40.6 Å². The Labute approximate surface area is 288 Å². The van der Waals surface area contributed by atoms with Crippen LogP contribution in [0.4, 0.5) is 10.6 Å². The molecule has 4 aromatic rings. The van der Waals surface area contributed by atoms with E-state index >= 15 is 0 Å². The summed E-state index contributed by atoms with van der Waals surface area (Å²) in [4.78, 5) is 25.4. The van der Waals surface area contributed by atoms with Crippen LogP contribution in [-0.2, 0) is 20.9 Å². The quantitative estimate of drug-likeness (QED) is 0.143. The molecule has 1 amide bonds. The molecule has 0 radical (unpaired) electrons. The monoisotopic (exact) mass is 693 g/mol. The Bertz CT molecular complexity index is 1790. The van der Waals surface area contributed by atoms with E-state index in [1.807, 2.05) is 50.0 Å². The van der Waals surface area contributed by atoms with Crippen molar-refractivity contribution in [2.45, 2.75) is 115 Å². The number of fused-ring (bicyclic) bond motifs is 4. The van der Waals surface area contributed by atoms with Crippen molar-refractivity contribution in [3.05, 3.63) is 35.7 Å². The summed E-state index contributed by atoms with van der Waals surface area (Å²) in [6.07, 6.45) is 10.6. The van der Waals surface area contributed by atoms with Crippen LogP contribution < -0.4 is 10.2 Å². The molecule has 3 atom stereocenters. The molecule has 7 rings (SSSR count). The van der Waals surface area contributed by atoms with Gasteiger partial charge in [-0.2, -0.15) is 5.10 Å². The Balaban J connectivity index is 1.20. The number of nitrogens with one attached hydrogen (secondary N) is 1. The second-order valence-corrected chi connectivity index (χ2v) is 21.9. The van der Waals surface area contributed by atoms with Crippen molar-refractivity contribution in [3.8, 4) is 11.1 Å². The largest absolute Gasteiger partial charge is 0.444 e.